The summed E-state index contributed by atoms with van der Waals surface area (Å²) < 4.78 is 62.7. The predicted octanol–water partition coefficient (Wildman–Crippen LogP) is 3.27. The van der Waals surface area contributed by atoms with Crippen molar-refractivity contribution in [1.29, 1.82) is 0 Å². The Morgan fingerprint density at radius 2 is 2.03 bits per heavy atom. The second-order valence-electron chi connectivity index (χ2n) is 9.44. The lowest BCUT2D eigenvalue weighted by Crippen LogP contribution is -2.47. The van der Waals surface area contributed by atoms with Crippen LogP contribution in [0.25, 0.3) is 16.6 Å². The van der Waals surface area contributed by atoms with Crippen LogP contribution in [0, 0.1) is 0 Å². The van der Waals surface area contributed by atoms with Gasteiger partial charge in [0.25, 0.3) is 5.91 Å². The standard InChI is InChI=1S/C26H21F2N5O4/c1-32-18-8-16(20-15(23(32)34)3-2-4-19(20)37-25(27)28)21-17-7-13(5-6-33(17)31-22(18)21)14-9-29-24(30-10-14)26(35)11-36-12-26/h2-7,9-10,16,18,25,35H,8,11-12H2,1H3/t16-,18-/m1/s1/i1D3. The second-order valence-corrected chi connectivity index (χ2v) is 9.44. The third kappa shape index (κ3) is 3.20. The molecule has 1 aliphatic carbocycles. The Morgan fingerprint density at radius 1 is 1.22 bits per heavy atom. The van der Waals surface area contributed by atoms with E-state index in [1.807, 2.05) is 6.07 Å². The quantitative estimate of drug-likeness (QED) is 0.452. The van der Waals surface area contributed by atoms with Crippen molar-refractivity contribution >= 4 is 11.4 Å². The number of aromatic nitrogens is 4. The number of fused-ring (bicyclic) bond motifs is 9. The van der Waals surface area contributed by atoms with Gasteiger partial charge in [0.1, 0.15) is 5.75 Å². The number of alkyl halides is 2. The molecule has 37 heavy (non-hydrogen) atoms. The SMILES string of the molecule is [2H]C([2H])([2H])N1C(=O)c2cccc(OC(F)F)c2[C@H]2C[C@@H]1c1nn3ccc(-c4cnc(C5(O)COC5)nc4)cc3c12. The fourth-order valence-corrected chi connectivity index (χ4v) is 5.51. The highest BCUT2D eigenvalue weighted by molar-refractivity contribution is 5.98. The highest BCUT2D eigenvalue weighted by atomic mass is 19.3. The zero-order chi connectivity index (χ0) is 28.0. The second kappa shape index (κ2) is 7.77. The van der Waals surface area contributed by atoms with Crippen molar-refractivity contribution in [3.05, 3.63) is 77.1 Å². The summed E-state index contributed by atoms with van der Waals surface area (Å²) in [6.07, 6.45) is 5.02. The van der Waals surface area contributed by atoms with E-state index in [9.17, 15) is 18.7 Å². The number of ether oxygens (including phenoxy) is 2. The molecule has 1 saturated heterocycles. The average Bonchev–Trinajstić information content (AvgIpc) is 3.39. The summed E-state index contributed by atoms with van der Waals surface area (Å²) in [7, 11) is 0. The van der Waals surface area contributed by atoms with Crippen molar-refractivity contribution in [1.82, 2.24) is 24.5 Å². The summed E-state index contributed by atoms with van der Waals surface area (Å²) in [5.74, 6) is -1.33. The minimum Gasteiger partial charge on any atom is -0.434 e. The van der Waals surface area contributed by atoms with E-state index in [4.69, 9.17) is 13.6 Å². The summed E-state index contributed by atoms with van der Waals surface area (Å²) in [6.45, 7) is -5.69. The fraction of sp³-hybridized carbons (Fsp3) is 0.308. The molecule has 1 aromatic carbocycles. The molecule has 1 fully saturated rings. The zero-order valence-electron chi connectivity index (χ0n) is 22.1. The molecule has 3 aromatic heterocycles. The Morgan fingerprint density at radius 3 is 2.73 bits per heavy atom. The van der Waals surface area contributed by atoms with Crippen molar-refractivity contribution in [3.8, 4) is 16.9 Å². The molecule has 9 nitrogen and oxygen atoms in total. The maximum absolute atomic E-state index is 13.5. The lowest BCUT2D eigenvalue weighted by molar-refractivity contribution is -0.189. The van der Waals surface area contributed by atoms with Gasteiger partial charge in [-0.05, 0) is 36.2 Å². The number of aliphatic hydroxyl groups is 1. The van der Waals surface area contributed by atoms with Gasteiger partial charge in [-0.25, -0.2) is 14.5 Å². The number of halogens is 2. The number of carbonyl (C=O) groups excluding carboxylic acids is 1. The molecule has 2 bridgehead atoms. The Bertz CT molecular complexity index is 1670. The molecule has 1 amide bonds. The first-order valence-corrected chi connectivity index (χ1v) is 11.6. The molecule has 4 aromatic rings. The minimum atomic E-state index is -3.14. The maximum atomic E-state index is 13.5. The summed E-state index contributed by atoms with van der Waals surface area (Å²) in [4.78, 5) is 23.0. The van der Waals surface area contributed by atoms with Crippen molar-refractivity contribution in [3.63, 3.8) is 0 Å². The molecule has 0 saturated carbocycles. The first-order chi connectivity index (χ1) is 19.0. The van der Waals surface area contributed by atoms with Crippen molar-refractivity contribution < 1.29 is 32.3 Å². The fourth-order valence-electron chi connectivity index (χ4n) is 5.51. The molecule has 11 heteroatoms. The van der Waals surface area contributed by atoms with Gasteiger partial charge >= 0.3 is 6.61 Å². The summed E-state index contributed by atoms with van der Waals surface area (Å²) >= 11 is 0. The Balaban J connectivity index is 1.40. The van der Waals surface area contributed by atoms with Crippen LogP contribution >= 0.6 is 0 Å². The first kappa shape index (κ1) is 19.2. The third-order valence-corrected chi connectivity index (χ3v) is 7.30. The van der Waals surface area contributed by atoms with Crippen LogP contribution in [-0.4, -0.2) is 62.3 Å². The van der Waals surface area contributed by atoms with Gasteiger partial charge in [0, 0.05) is 57.9 Å². The van der Waals surface area contributed by atoms with Gasteiger partial charge in [-0.2, -0.15) is 13.9 Å². The van der Waals surface area contributed by atoms with Crippen LogP contribution in [0.2, 0.25) is 0 Å². The summed E-state index contributed by atoms with van der Waals surface area (Å²) in [5.41, 5.74) is 2.04. The van der Waals surface area contributed by atoms with E-state index in [0.717, 1.165) is 10.5 Å². The number of carbonyl (C=O) groups is 1. The molecule has 2 aliphatic heterocycles. The van der Waals surface area contributed by atoms with Gasteiger partial charge in [0.15, 0.2) is 11.4 Å². The first-order valence-electron chi connectivity index (χ1n) is 13.1. The van der Waals surface area contributed by atoms with Crippen molar-refractivity contribution in [2.24, 2.45) is 0 Å². The Hall–Kier alpha value is -3.96. The van der Waals surface area contributed by atoms with Gasteiger partial charge in [-0.3, -0.25) is 4.79 Å². The van der Waals surface area contributed by atoms with E-state index in [0.29, 0.717) is 22.3 Å². The van der Waals surface area contributed by atoms with Crippen LogP contribution in [0.1, 0.15) is 55.5 Å². The minimum absolute atomic E-state index is 0.00447. The van der Waals surface area contributed by atoms with E-state index in [1.54, 1.807) is 29.2 Å². The molecule has 2 atom stereocenters. The predicted molar refractivity (Wildman–Crippen MR) is 125 cm³/mol. The Labute approximate surface area is 213 Å². The molecule has 7 rings (SSSR count). The molecular weight excluding hydrogens is 484 g/mol. The van der Waals surface area contributed by atoms with Crippen molar-refractivity contribution in [2.45, 2.75) is 30.6 Å². The summed E-state index contributed by atoms with van der Waals surface area (Å²) in [6, 6.07) is 6.91. The number of amides is 1. The average molecular weight is 508 g/mol. The van der Waals surface area contributed by atoms with Crippen molar-refractivity contribution in [2.75, 3.05) is 20.2 Å². The van der Waals surface area contributed by atoms with Gasteiger partial charge in [-0.1, -0.05) is 6.07 Å². The molecule has 188 valence electrons. The largest absolute Gasteiger partial charge is 0.434 e. The van der Waals surface area contributed by atoms with Crippen LogP contribution in [-0.2, 0) is 10.3 Å². The molecule has 5 heterocycles. The van der Waals surface area contributed by atoms with Gasteiger partial charge < -0.3 is 19.5 Å². The molecule has 0 unspecified atom stereocenters. The number of hydrogen-bond donors (Lipinski definition) is 1. The smallest absolute Gasteiger partial charge is 0.387 e. The van der Waals surface area contributed by atoms with E-state index in [-0.39, 0.29) is 42.3 Å². The lowest BCUT2D eigenvalue weighted by atomic mass is 9.88. The van der Waals surface area contributed by atoms with Crippen LogP contribution in [0.5, 0.6) is 5.75 Å². The van der Waals surface area contributed by atoms with Gasteiger partial charge in [-0.15, -0.1) is 0 Å². The highest BCUT2D eigenvalue weighted by Gasteiger charge is 2.46. The van der Waals surface area contributed by atoms with E-state index < -0.39 is 37.1 Å². The normalized spacial score (nSPS) is 23.1. The number of benzene rings is 1. The topological polar surface area (TPSA) is 102 Å². The third-order valence-electron chi connectivity index (χ3n) is 7.30. The van der Waals surface area contributed by atoms with Crippen LogP contribution < -0.4 is 4.74 Å². The molecule has 1 N–H and O–H groups in total. The number of pyridine rings is 1. The van der Waals surface area contributed by atoms with Crippen LogP contribution in [0.15, 0.2) is 48.9 Å². The molecule has 3 aliphatic rings. The Kier molecular flexibility index (Phi) is 4.03. The number of hydrogen-bond acceptors (Lipinski definition) is 7. The molecular formula is C26H21F2N5O4. The number of rotatable bonds is 4. The summed E-state index contributed by atoms with van der Waals surface area (Å²) in [5, 5.41) is 15.1. The molecule has 0 radical (unpaired) electrons. The zero-order valence-corrected chi connectivity index (χ0v) is 19.1. The number of nitrogens with zero attached hydrogens (tertiary/aromatic N) is 5. The molecule has 0 spiro atoms. The lowest BCUT2D eigenvalue weighted by Gasteiger charge is -2.34. The van der Waals surface area contributed by atoms with E-state index >= 15 is 0 Å². The highest BCUT2D eigenvalue weighted by Crippen LogP contribution is 2.53. The van der Waals surface area contributed by atoms with E-state index in [1.165, 1.54) is 18.2 Å². The monoisotopic (exact) mass is 508 g/mol. The maximum Gasteiger partial charge on any atom is 0.387 e. The van der Waals surface area contributed by atoms with Crippen LogP contribution in [0.4, 0.5) is 8.78 Å². The van der Waals surface area contributed by atoms with E-state index in [2.05, 4.69) is 15.1 Å². The van der Waals surface area contributed by atoms with Gasteiger partial charge in [0.2, 0.25) is 0 Å². The van der Waals surface area contributed by atoms with Crippen LogP contribution in [0.3, 0.4) is 0 Å². The van der Waals surface area contributed by atoms with Gasteiger partial charge in [0.05, 0.1) is 30.5 Å².